The van der Waals surface area contributed by atoms with E-state index in [0.29, 0.717) is 43.6 Å². The van der Waals surface area contributed by atoms with Crippen LogP contribution in [0.2, 0.25) is 0 Å². The number of tetrazole rings is 1. The minimum Gasteiger partial charge on any atom is -0.344 e. The maximum Gasteiger partial charge on any atom is 0.251 e. The predicted octanol–water partition coefficient (Wildman–Crippen LogP) is 1.93. The summed E-state index contributed by atoms with van der Waals surface area (Å²) in [4.78, 5) is 54.0. The molecule has 40 heavy (non-hydrogen) atoms. The van der Waals surface area contributed by atoms with Crippen molar-refractivity contribution < 1.29 is 19.2 Å². The van der Waals surface area contributed by atoms with Crippen molar-refractivity contribution in [1.82, 2.24) is 35.7 Å². The second-order valence-electron chi connectivity index (χ2n) is 9.95. The average molecular weight is 546 g/mol. The Morgan fingerprint density at radius 2 is 1.73 bits per heavy atom. The fourth-order valence-electron chi connectivity index (χ4n) is 4.77. The highest BCUT2D eigenvalue weighted by Gasteiger charge is 2.35. The van der Waals surface area contributed by atoms with E-state index in [9.17, 15) is 19.2 Å². The number of Topliss-reactive ketones (excluding diaryl/α,β-unsaturated/α-hetero) is 1. The Labute approximate surface area is 233 Å². The summed E-state index contributed by atoms with van der Waals surface area (Å²) in [5.41, 5.74) is 1.48. The predicted molar refractivity (Wildman–Crippen MR) is 147 cm³/mol. The van der Waals surface area contributed by atoms with Crippen LogP contribution < -0.4 is 10.6 Å². The van der Waals surface area contributed by atoms with Crippen LogP contribution in [0.25, 0.3) is 0 Å². The van der Waals surface area contributed by atoms with Gasteiger partial charge in [0, 0.05) is 18.5 Å². The first-order chi connectivity index (χ1) is 19.4. The number of ketones is 1. The number of benzene rings is 2. The molecule has 0 aliphatic carbocycles. The minimum atomic E-state index is -0.815. The lowest BCUT2D eigenvalue weighted by molar-refractivity contribution is -0.141. The van der Waals surface area contributed by atoms with Gasteiger partial charge in [-0.2, -0.15) is 0 Å². The summed E-state index contributed by atoms with van der Waals surface area (Å²) in [6, 6.07) is 16.1. The maximum absolute atomic E-state index is 13.4. The van der Waals surface area contributed by atoms with Gasteiger partial charge in [0.1, 0.15) is 18.6 Å². The highest BCUT2D eigenvalue weighted by molar-refractivity contribution is 5.98. The van der Waals surface area contributed by atoms with Gasteiger partial charge in [-0.25, -0.2) is 4.68 Å². The fraction of sp³-hybridized carbons (Fsp3) is 0.414. The molecule has 1 saturated heterocycles. The zero-order chi connectivity index (χ0) is 28.5. The highest BCUT2D eigenvalue weighted by Crippen LogP contribution is 2.16. The third kappa shape index (κ3) is 7.16. The second kappa shape index (κ2) is 13.6. The molecule has 3 unspecified atom stereocenters. The van der Waals surface area contributed by atoms with Gasteiger partial charge in [-0.15, -0.1) is 5.10 Å². The summed E-state index contributed by atoms with van der Waals surface area (Å²) < 4.78 is 1.45. The van der Waals surface area contributed by atoms with Gasteiger partial charge in [-0.1, -0.05) is 55.5 Å². The van der Waals surface area contributed by atoms with E-state index in [1.807, 2.05) is 43.3 Å². The smallest absolute Gasteiger partial charge is 0.251 e. The topological polar surface area (TPSA) is 139 Å². The lowest BCUT2D eigenvalue weighted by Gasteiger charge is -2.30. The van der Waals surface area contributed by atoms with Crippen LogP contribution in [0.3, 0.4) is 0 Å². The van der Waals surface area contributed by atoms with Gasteiger partial charge >= 0.3 is 0 Å². The van der Waals surface area contributed by atoms with E-state index < -0.39 is 24.0 Å². The van der Waals surface area contributed by atoms with Crippen LogP contribution in [-0.4, -0.2) is 73.3 Å². The molecule has 1 fully saturated rings. The van der Waals surface area contributed by atoms with Crippen LogP contribution in [0.15, 0.2) is 60.7 Å². The normalized spacial score (nSPS) is 17.0. The molecule has 0 spiro atoms. The maximum atomic E-state index is 13.4. The summed E-state index contributed by atoms with van der Waals surface area (Å²) in [6.45, 7) is 3.76. The van der Waals surface area contributed by atoms with Crippen LogP contribution in [0, 0.1) is 0 Å². The summed E-state index contributed by atoms with van der Waals surface area (Å²) in [7, 11) is 0. The van der Waals surface area contributed by atoms with Crippen LogP contribution in [0.4, 0.5) is 0 Å². The van der Waals surface area contributed by atoms with Crippen molar-refractivity contribution >= 4 is 23.5 Å². The highest BCUT2D eigenvalue weighted by atomic mass is 16.2. The number of hydrogen-bond donors (Lipinski definition) is 2. The molecule has 3 amide bonds. The van der Waals surface area contributed by atoms with Gasteiger partial charge < -0.3 is 15.5 Å². The van der Waals surface area contributed by atoms with Gasteiger partial charge in [0.25, 0.3) is 5.91 Å². The molecule has 11 nitrogen and oxygen atoms in total. The van der Waals surface area contributed by atoms with E-state index in [-0.39, 0.29) is 24.1 Å². The summed E-state index contributed by atoms with van der Waals surface area (Å²) >= 11 is 0. The largest absolute Gasteiger partial charge is 0.344 e. The lowest BCUT2D eigenvalue weighted by Crippen LogP contribution is -2.56. The van der Waals surface area contributed by atoms with Gasteiger partial charge in [-0.05, 0) is 60.7 Å². The molecule has 2 heterocycles. The molecule has 4 rings (SSSR count). The number of nitrogens with zero attached hydrogens (tertiary/aromatic N) is 5. The zero-order valence-electron chi connectivity index (χ0n) is 22.8. The van der Waals surface area contributed by atoms with Crippen molar-refractivity contribution in [2.75, 3.05) is 6.54 Å². The second-order valence-corrected chi connectivity index (χ2v) is 9.95. The summed E-state index contributed by atoms with van der Waals surface area (Å²) in [6.07, 6.45) is 2.79. The molecular weight excluding hydrogens is 510 g/mol. The Morgan fingerprint density at radius 3 is 2.42 bits per heavy atom. The van der Waals surface area contributed by atoms with Gasteiger partial charge in [0.05, 0.1) is 6.04 Å². The first-order valence-electron chi connectivity index (χ1n) is 13.7. The van der Waals surface area contributed by atoms with Crippen molar-refractivity contribution in [3.8, 4) is 0 Å². The van der Waals surface area contributed by atoms with E-state index in [1.54, 1.807) is 31.2 Å². The average Bonchev–Trinajstić information content (AvgIpc) is 3.32. The van der Waals surface area contributed by atoms with E-state index in [0.717, 1.165) is 12.0 Å². The SMILES string of the molecule is CCC(NC(=O)C(C)N1CCCCC(NC(=O)c2ccccc2)C1=O)C(=O)Cn1nnnc1Cc1ccccc1. The molecule has 0 bridgehead atoms. The number of amides is 3. The molecule has 1 aromatic heterocycles. The molecule has 1 aliphatic heterocycles. The molecule has 1 aliphatic rings. The van der Waals surface area contributed by atoms with Crippen LogP contribution in [0.1, 0.15) is 61.3 Å². The molecular formula is C29H35N7O4. The molecule has 2 aromatic carbocycles. The van der Waals surface area contributed by atoms with Crippen molar-refractivity contribution in [2.24, 2.45) is 0 Å². The molecule has 11 heteroatoms. The Balaban J connectivity index is 1.37. The van der Waals surface area contributed by atoms with Crippen molar-refractivity contribution in [3.05, 3.63) is 77.6 Å². The fourth-order valence-corrected chi connectivity index (χ4v) is 4.77. The van der Waals surface area contributed by atoms with Crippen molar-refractivity contribution in [1.29, 1.82) is 0 Å². The molecule has 0 radical (unpaired) electrons. The standard InChI is InChI=1S/C29H35N7O4/c1-3-23(25(37)19-36-26(32-33-34-36)18-21-12-6-4-7-13-21)30-27(38)20(2)35-17-11-10-16-24(29(35)40)31-28(39)22-14-8-5-9-15-22/h4-9,12-15,20,23-24H,3,10-11,16-19H2,1-2H3,(H,30,38)(H,31,39). The molecule has 3 atom stereocenters. The number of hydrogen-bond acceptors (Lipinski definition) is 7. The minimum absolute atomic E-state index is 0.0848. The van der Waals surface area contributed by atoms with E-state index in [4.69, 9.17) is 0 Å². The number of carbonyl (C=O) groups is 4. The molecule has 210 valence electrons. The van der Waals surface area contributed by atoms with Gasteiger partial charge in [0.15, 0.2) is 11.6 Å². The first kappa shape index (κ1) is 28.6. The van der Waals surface area contributed by atoms with Gasteiger partial charge in [0.2, 0.25) is 11.8 Å². The van der Waals surface area contributed by atoms with E-state index >= 15 is 0 Å². The third-order valence-electron chi connectivity index (χ3n) is 7.14. The van der Waals surface area contributed by atoms with Crippen LogP contribution >= 0.6 is 0 Å². The van der Waals surface area contributed by atoms with E-state index in [1.165, 1.54) is 9.58 Å². The van der Waals surface area contributed by atoms with Crippen LogP contribution in [-0.2, 0) is 27.3 Å². The Morgan fingerprint density at radius 1 is 1.02 bits per heavy atom. The molecule has 3 aromatic rings. The number of rotatable bonds is 11. The first-order valence-corrected chi connectivity index (χ1v) is 13.7. The number of carbonyl (C=O) groups excluding carboxylic acids is 4. The van der Waals surface area contributed by atoms with Crippen molar-refractivity contribution in [2.45, 2.75) is 70.6 Å². The Hall–Kier alpha value is -4.41. The number of nitrogens with one attached hydrogen (secondary N) is 2. The number of likely N-dealkylation sites (tertiary alicyclic amines) is 1. The number of aromatic nitrogens is 4. The Kier molecular flexibility index (Phi) is 9.71. The van der Waals surface area contributed by atoms with Crippen LogP contribution in [0.5, 0.6) is 0 Å². The lowest BCUT2D eigenvalue weighted by atomic mass is 10.1. The zero-order valence-corrected chi connectivity index (χ0v) is 22.8. The monoisotopic (exact) mass is 545 g/mol. The summed E-state index contributed by atoms with van der Waals surface area (Å²) in [5, 5.41) is 17.4. The third-order valence-corrected chi connectivity index (χ3v) is 7.14. The molecule has 2 N–H and O–H groups in total. The van der Waals surface area contributed by atoms with Gasteiger partial charge in [-0.3, -0.25) is 19.2 Å². The Bertz CT molecular complexity index is 1310. The molecule has 0 saturated carbocycles. The summed E-state index contributed by atoms with van der Waals surface area (Å²) in [5.74, 6) is -0.746. The van der Waals surface area contributed by atoms with Crippen molar-refractivity contribution in [3.63, 3.8) is 0 Å². The quantitative estimate of drug-likeness (QED) is 0.375. The van der Waals surface area contributed by atoms with E-state index in [2.05, 4.69) is 26.2 Å².